The van der Waals surface area contributed by atoms with Gasteiger partial charge in [-0.1, -0.05) is 6.07 Å². The van der Waals surface area contributed by atoms with Gasteiger partial charge in [0.15, 0.2) is 5.96 Å². The van der Waals surface area contributed by atoms with E-state index in [1.54, 1.807) is 18.4 Å². The molecule has 1 aromatic heterocycles. The molecule has 0 aromatic carbocycles. The predicted molar refractivity (Wildman–Crippen MR) is 81.7 cm³/mol. The minimum Gasteiger partial charge on any atom is -0.356 e. The van der Waals surface area contributed by atoms with Crippen molar-refractivity contribution in [2.75, 3.05) is 32.1 Å². The SMILES string of the molecule is CN=C(NCCCS(C)(=O)=O)NCCc1cccs1. The van der Waals surface area contributed by atoms with Crippen LogP contribution in [0.25, 0.3) is 0 Å². The Morgan fingerprint density at radius 2 is 2.11 bits per heavy atom. The fourth-order valence-electron chi connectivity index (χ4n) is 1.52. The molecule has 0 fully saturated rings. The summed E-state index contributed by atoms with van der Waals surface area (Å²) < 4.78 is 22.0. The summed E-state index contributed by atoms with van der Waals surface area (Å²) in [6.45, 7) is 1.41. The highest BCUT2D eigenvalue weighted by atomic mass is 32.2. The second kappa shape index (κ2) is 8.16. The van der Waals surface area contributed by atoms with Crippen LogP contribution in [0, 0.1) is 0 Å². The predicted octanol–water partition coefficient (Wildman–Crippen LogP) is 0.890. The van der Waals surface area contributed by atoms with Crippen molar-refractivity contribution in [2.24, 2.45) is 4.99 Å². The summed E-state index contributed by atoms with van der Waals surface area (Å²) in [5.74, 6) is 0.914. The number of aliphatic imine (C=N–C) groups is 1. The molecule has 0 amide bonds. The average molecular weight is 303 g/mol. The van der Waals surface area contributed by atoms with Gasteiger partial charge in [-0.05, 0) is 24.3 Å². The average Bonchev–Trinajstić information content (AvgIpc) is 2.84. The molecule has 0 bridgehead atoms. The first-order valence-corrected chi connectivity index (χ1v) is 9.10. The van der Waals surface area contributed by atoms with Gasteiger partial charge in [0.25, 0.3) is 0 Å². The summed E-state index contributed by atoms with van der Waals surface area (Å²) in [5.41, 5.74) is 0. The number of thiophene rings is 1. The lowest BCUT2D eigenvalue weighted by Crippen LogP contribution is -2.39. The van der Waals surface area contributed by atoms with Crippen LogP contribution in [-0.2, 0) is 16.3 Å². The zero-order valence-electron chi connectivity index (χ0n) is 11.3. The van der Waals surface area contributed by atoms with Crippen LogP contribution in [-0.4, -0.2) is 46.5 Å². The Kier molecular flexibility index (Phi) is 6.86. The van der Waals surface area contributed by atoms with Crippen LogP contribution in [0.4, 0.5) is 0 Å². The van der Waals surface area contributed by atoms with E-state index in [0.29, 0.717) is 18.9 Å². The first kappa shape index (κ1) is 16.0. The van der Waals surface area contributed by atoms with E-state index in [0.717, 1.165) is 13.0 Å². The van der Waals surface area contributed by atoms with Gasteiger partial charge in [-0.15, -0.1) is 11.3 Å². The minimum atomic E-state index is -2.87. The maximum absolute atomic E-state index is 11.0. The first-order chi connectivity index (χ1) is 9.01. The number of hydrogen-bond donors (Lipinski definition) is 2. The highest BCUT2D eigenvalue weighted by Crippen LogP contribution is 2.07. The van der Waals surface area contributed by atoms with Crippen molar-refractivity contribution in [1.82, 2.24) is 10.6 Å². The highest BCUT2D eigenvalue weighted by Gasteiger charge is 2.02. The monoisotopic (exact) mass is 303 g/mol. The van der Waals surface area contributed by atoms with Crippen molar-refractivity contribution in [3.05, 3.63) is 22.4 Å². The van der Waals surface area contributed by atoms with Crippen LogP contribution in [0.1, 0.15) is 11.3 Å². The number of guanidine groups is 1. The van der Waals surface area contributed by atoms with Gasteiger partial charge in [0.1, 0.15) is 9.84 Å². The summed E-state index contributed by atoms with van der Waals surface area (Å²) in [7, 11) is -1.17. The molecule has 0 aliphatic rings. The molecule has 1 aromatic rings. The Hall–Kier alpha value is -1.08. The number of hydrogen-bond acceptors (Lipinski definition) is 4. The zero-order valence-corrected chi connectivity index (χ0v) is 13.0. The molecular weight excluding hydrogens is 282 g/mol. The zero-order chi connectivity index (χ0) is 14.1. The lowest BCUT2D eigenvalue weighted by Gasteiger charge is -2.11. The van der Waals surface area contributed by atoms with Gasteiger partial charge in [0, 0.05) is 31.3 Å². The van der Waals surface area contributed by atoms with E-state index in [-0.39, 0.29) is 5.75 Å². The lowest BCUT2D eigenvalue weighted by molar-refractivity contribution is 0.598. The molecule has 0 spiro atoms. The third-order valence-electron chi connectivity index (χ3n) is 2.45. The molecular formula is C12H21N3O2S2. The molecule has 0 aliphatic carbocycles. The maximum atomic E-state index is 11.0. The molecule has 1 heterocycles. The van der Waals surface area contributed by atoms with E-state index < -0.39 is 9.84 Å². The van der Waals surface area contributed by atoms with Gasteiger partial charge in [0.2, 0.25) is 0 Å². The molecule has 1 rings (SSSR count). The van der Waals surface area contributed by atoms with Crippen molar-refractivity contribution in [1.29, 1.82) is 0 Å². The fourth-order valence-corrected chi connectivity index (χ4v) is 2.90. The van der Waals surface area contributed by atoms with Crippen LogP contribution in [0.15, 0.2) is 22.5 Å². The molecule has 0 aliphatic heterocycles. The number of sulfone groups is 1. The van der Waals surface area contributed by atoms with Crippen molar-refractivity contribution < 1.29 is 8.42 Å². The van der Waals surface area contributed by atoms with Crippen LogP contribution in [0.5, 0.6) is 0 Å². The van der Waals surface area contributed by atoms with Gasteiger partial charge in [0.05, 0.1) is 5.75 Å². The standard InChI is InChI=1S/C12H21N3O2S2/c1-13-12(14-7-4-10-19(2,16)17)15-8-6-11-5-3-9-18-11/h3,5,9H,4,6-8,10H2,1-2H3,(H2,13,14,15). The van der Waals surface area contributed by atoms with Crippen LogP contribution in [0.2, 0.25) is 0 Å². The maximum Gasteiger partial charge on any atom is 0.190 e. The minimum absolute atomic E-state index is 0.201. The van der Waals surface area contributed by atoms with Gasteiger partial charge >= 0.3 is 0 Å². The summed E-state index contributed by atoms with van der Waals surface area (Å²) >= 11 is 1.74. The van der Waals surface area contributed by atoms with Gasteiger partial charge in [-0.3, -0.25) is 4.99 Å². The Labute approximate surface area is 119 Å². The summed E-state index contributed by atoms with van der Waals surface area (Å²) in [5, 5.41) is 8.36. The van der Waals surface area contributed by atoms with Gasteiger partial charge < -0.3 is 10.6 Å². The van der Waals surface area contributed by atoms with Crippen molar-refractivity contribution >= 4 is 27.1 Å². The Morgan fingerprint density at radius 1 is 1.37 bits per heavy atom. The quantitative estimate of drug-likeness (QED) is 0.446. The first-order valence-electron chi connectivity index (χ1n) is 6.16. The molecule has 108 valence electrons. The Balaban J connectivity index is 2.16. The van der Waals surface area contributed by atoms with E-state index in [2.05, 4.69) is 27.1 Å². The molecule has 0 saturated carbocycles. The highest BCUT2D eigenvalue weighted by molar-refractivity contribution is 7.90. The van der Waals surface area contributed by atoms with Crippen molar-refractivity contribution in [3.63, 3.8) is 0 Å². The number of nitrogens with one attached hydrogen (secondary N) is 2. The van der Waals surface area contributed by atoms with Crippen molar-refractivity contribution in [3.8, 4) is 0 Å². The second-order valence-electron chi connectivity index (χ2n) is 4.24. The molecule has 19 heavy (non-hydrogen) atoms. The normalized spacial score (nSPS) is 12.4. The summed E-state index contributed by atoms with van der Waals surface area (Å²) in [6, 6.07) is 4.15. The molecule has 2 N–H and O–H groups in total. The van der Waals surface area contributed by atoms with Crippen LogP contribution in [0.3, 0.4) is 0 Å². The second-order valence-corrected chi connectivity index (χ2v) is 7.53. The lowest BCUT2D eigenvalue weighted by atomic mass is 10.3. The van der Waals surface area contributed by atoms with E-state index >= 15 is 0 Å². The smallest absolute Gasteiger partial charge is 0.190 e. The van der Waals surface area contributed by atoms with Crippen LogP contribution >= 0.6 is 11.3 Å². The molecule has 0 atom stereocenters. The topological polar surface area (TPSA) is 70.6 Å². The fraction of sp³-hybridized carbons (Fsp3) is 0.583. The number of rotatable bonds is 7. The molecule has 5 nitrogen and oxygen atoms in total. The van der Waals surface area contributed by atoms with E-state index in [9.17, 15) is 8.42 Å². The summed E-state index contributed by atoms with van der Waals surface area (Å²) in [4.78, 5) is 5.42. The largest absolute Gasteiger partial charge is 0.356 e. The van der Waals surface area contributed by atoms with E-state index in [4.69, 9.17) is 0 Å². The van der Waals surface area contributed by atoms with Crippen LogP contribution < -0.4 is 10.6 Å². The third kappa shape index (κ3) is 7.84. The number of nitrogens with zero attached hydrogens (tertiary/aromatic N) is 1. The molecule has 0 saturated heterocycles. The van der Waals surface area contributed by atoms with Crippen molar-refractivity contribution in [2.45, 2.75) is 12.8 Å². The third-order valence-corrected chi connectivity index (χ3v) is 4.42. The molecule has 0 radical (unpaired) electrons. The molecule has 0 unspecified atom stereocenters. The summed E-state index contributed by atoms with van der Waals surface area (Å²) in [6.07, 6.45) is 2.80. The van der Waals surface area contributed by atoms with E-state index in [1.165, 1.54) is 11.1 Å². The van der Waals surface area contributed by atoms with Gasteiger partial charge in [-0.25, -0.2) is 8.42 Å². The Bertz CT molecular complexity index is 481. The van der Waals surface area contributed by atoms with E-state index in [1.807, 2.05) is 6.07 Å². The van der Waals surface area contributed by atoms with Gasteiger partial charge in [-0.2, -0.15) is 0 Å². The molecule has 7 heteroatoms. The Morgan fingerprint density at radius 3 is 2.68 bits per heavy atom.